The Morgan fingerprint density at radius 3 is 2.95 bits per heavy atom. The molecule has 5 nitrogen and oxygen atoms in total. The van der Waals surface area contributed by atoms with Crippen LogP contribution >= 0.6 is 12.2 Å². The van der Waals surface area contributed by atoms with Crippen molar-refractivity contribution in [1.82, 2.24) is 15.5 Å². The maximum absolute atomic E-state index is 8.40. The number of rotatable bonds is 7. The number of benzene rings is 1. The Morgan fingerprint density at radius 2 is 2.18 bits per heavy atom. The summed E-state index contributed by atoms with van der Waals surface area (Å²) in [5.41, 5.74) is 1.30. The molecule has 0 amide bonds. The lowest BCUT2D eigenvalue weighted by Gasteiger charge is -2.15. The maximum Gasteiger partial charge on any atom is 0.183 e. The van der Waals surface area contributed by atoms with Gasteiger partial charge in [0.25, 0.3) is 0 Å². The normalized spacial score (nSPS) is 14.3. The van der Waals surface area contributed by atoms with Gasteiger partial charge in [-0.25, -0.2) is 0 Å². The Morgan fingerprint density at radius 1 is 1.36 bits per heavy atom. The molecule has 1 aliphatic heterocycles. The van der Waals surface area contributed by atoms with E-state index >= 15 is 0 Å². The minimum atomic E-state index is 0.357. The highest BCUT2D eigenvalue weighted by atomic mass is 32.1. The molecule has 0 aromatic heterocycles. The molecule has 1 aliphatic rings. The summed E-state index contributed by atoms with van der Waals surface area (Å²) in [6, 6.07) is 8.31. The molecule has 0 unspecified atom stereocenters. The summed E-state index contributed by atoms with van der Waals surface area (Å²) in [4.78, 5) is 2.48. The second-order valence-corrected chi connectivity index (χ2v) is 5.73. The van der Waals surface area contributed by atoms with Gasteiger partial charge in [0.05, 0.1) is 6.61 Å². The van der Waals surface area contributed by atoms with Crippen LogP contribution in [0.5, 0.6) is 5.75 Å². The SMILES string of the molecule is N#CNC(=S)NCCCOc1cccc(CN2CCCC2)c1. The highest BCUT2D eigenvalue weighted by molar-refractivity contribution is 7.80. The van der Waals surface area contributed by atoms with E-state index in [1.807, 2.05) is 12.1 Å². The first kappa shape index (κ1) is 16.5. The first-order valence-electron chi connectivity index (χ1n) is 7.65. The first-order chi connectivity index (χ1) is 10.8. The van der Waals surface area contributed by atoms with Crippen molar-refractivity contribution in [1.29, 1.82) is 5.26 Å². The van der Waals surface area contributed by atoms with Crippen LogP contribution in [0.3, 0.4) is 0 Å². The Kier molecular flexibility index (Phi) is 6.94. The van der Waals surface area contributed by atoms with E-state index in [0.717, 1.165) is 18.7 Å². The molecule has 0 radical (unpaired) electrons. The predicted octanol–water partition coefficient (Wildman–Crippen LogP) is 2.00. The number of likely N-dealkylation sites (tertiary alicyclic amines) is 1. The van der Waals surface area contributed by atoms with Crippen molar-refractivity contribution in [3.8, 4) is 11.9 Å². The van der Waals surface area contributed by atoms with Gasteiger partial charge in [0.15, 0.2) is 11.3 Å². The van der Waals surface area contributed by atoms with Crippen LogP contribution in [-0.4, -0.2) is 36.3 Å². The molecule has 1 aromatic carbocycles. The van der Waals surface area contributed by atoms with Gasteiger partial charge in [0, 0.05) is 13.1 Å². The molecule has 0 bridgehead atoms. The third-order valence-electron chi connectivity index (χ3n) is 3.55. The highest BCUT2D eigenvalue weighted by Gasteiger charge is 2.11. The van der Waals surface area contributed by atoms with Gasteiger partial charge in [-0.2, -0.15) is 5.26 Å². The largest absolute Gasteiger partial charge is 0.494 e. The Labute approximate surface area is 137 Å². The standard InChI is InChI=1S/C16H22N4OS/c17-13-19-16(22)18-7-4-10-21-15-6-3-5-14(11-15)12-20-8-1-2-9-20/h3,5-6,11H,1-2,4,7-10,12H2,(H2,18,19,22). The summed E-state index contributed by atoms with van der Waals surface area (Å²) in [5.74, 6) is 0.912. The Hall–Kier alpha value is -1.84. The monoisotopic (exact) mass is 318 g/mol. The Balaban J connectivity index is 1.67. The lowest BCUT2D eigenvalue weighted by molar-refractivity contribution is 0.307. The molecule has 2 N–H and O–H groups in total. The zero-order chi connectivity index (χ0) is 15.6. The molecule has 0 atom stereocenters. The molecular weight excluding hydrogens is 296 g/mol. The van der Waals surface area contributed by atoms with Gasteiger partial charge in [-0.15, -0.1) is 0 Å². The number of ether oxygens (including phenoxy) is 1. The fraction of sp³-hybridized carbons (Fsp3) is 0.500. The average Bonchev–Trinajstić information content (AvgIpc) is 3.00. The van der Waals surface area contributed by atoms with E-state index in [1.165, 1.54) is 31.5 Å². The van der Waals surface area contributed by atoms with Crippen molar-refractivity contribution in [3.05, 3.63) is 29.8 Å². The zero-order valence-electron chi connectivity index (χ0n) is 12.7. The van der Waals surface area contributed by atoms with Crippen molar-refractivity contribution in [2.45, 2.75) is 25.8 Å². The van der Waals surface area contributed by atoms with Crippen molar-refractivity contribution >= 4 is 17.3 Å². The minimum absolute atomic E-state index is 0.357. The molecule has 22 heavy (non-hydrogen) atoms. The van der Waals surface area contributed by atoms with Crippen molar-refractivity contribution in [2.75, 3.05) is 26.2 Å². The molecular formula is C16H22N4OS. The lowest BCUT2D eigenvalue weighted by Crippen LogP contribution is -2.33. The zero-order valence-corrected chi connectivity index (χ0v) is 13.5. The summed E-state index contributed by atoms with van der Waals surface area (Å²) in [5, 5.41) is 14.1. The van der Waals surface area contributed by atoms with Gasteiger partial charge in [-0.1, -0.05) is 12.1 Å². The topological polar surface area (TPSA) is 60.3 Å². The third kappa shape index (κ3) is 5.88. The van der Waals surface area contributed by atoms with E-state index in [1.54, 1.807) is 6.19 Å². The van der Waals surface area contributed by atoms with Crippen molar-refractivity contribution in [3.63, 3.8) is 0 Å². The second kappa shape index (κ2) is 9.23. The van der Waals surface area contributed by atoms with Crippen LogP contribution in [0.25, 0.3) is 0 Å². The van der Waals surface area contributed by atoms with Gasteiger partial charge < -0.3 is 10.1 Å². The molecule has 1 saturated heterocycles. The van der Waals surface area contributed by atoms with Gasteiger partial charge >= 0.3 is 0 Å². The van der Waals surface area contributed by atoms with Crippen LogP contribution in [0, 0.1) is 11.5 Å². The smallest absolute Gasteiger partial charge is 0.183 e. The first-order valence-corrected chi connectivity index (χ1v) is 8.06. The summed E-state index contributed by atoms with van der Waals surface area (Å²) in [6.07, 6.45) is 5.23. The molecule has 1 heterocycles. The van der Waals surface area contributed by atoms with E-state index in [2.05, 4.69) is 27.7 Å². The predicted molar refractivity (Wildman–Crippen MR) is 90.4 cm³/mol. The number of hydrogen-bond acceptors (Lipinski definition) is 4. The van der Waals surface area contributed by atoms with Crippen LogP contribution in [0.1, 0.15) is 24.8 Å². The molecule has 1 aromatic rings. The number of nitriles is 1. The number of nitrogens with one attached hydrogen (secondary N) is 2. The quantitative estimate of drug-likeness (QED) is 0.347. The van der Waals surface area contributed by atoms with Gasteiger partial charge in [-0.3, -0.25) is 10.2 Å². The number of thiocarbonyl (C=S) groups is 1. The molecule has 2 rings (SSSR count). The van der Waals surface area contributed by atoms with E-state index in [-0.39, 0.29) is 0 Å². The summed E-state index contributed by atoms with van der Waals surface area (Å²) in [6.45, 7) is 4.71. The van der Waals surface area contributed by atoms with Gasteiger partial charge in [-0.05, 0) is 62.3 Å². The second-order valence-electron chi connectivity index (χ2n) is 5.33. The number of nitrogens with zero attached hydrogens (tertiary/aromatic N) is 2. The highest BCUT2D eigenvalue weighted by Crippen LogP contribution is 2.17. The van der Waals surface area contributed by atoms with Crippen molar-refractivity contribution in [2.24, 2.45) is 0 Å². The van der Waals surface area contributed by atoms with Gasteiger partial charge in [0.2, 0.25) is 0 Å². The molecule has 118 valence electrons. The summed E-state index contributed by atoms with van der Waals surface area (Å²) < 4.78 is 5.77. The van der Waals surface area contributed by atoms with Crippen LogP contribution in [-0.2, 0) is 6.54 Å². The molecule has 0 saturated carbocycles. The average molecular weight is 318 g/mol. The fourth-order valence-electron chi connectivity index (χ4n) is 2.49. The van der Waals surface area contributed by atoms with Gasteiger partial charge in [0.1, 0.15) is 5.75 Å². The van der Waals surface area contributed by atoms with E-state index in [0.29, 0.717) is 18.3 Å². The third-order valence-corrected chi connectivity index (χ3v) is 3.79. The molecule has 0 spiro atoms. The van der Waals surface area contributed by atoms with E-state index in [4.69, 9.17) is 22.2 Å². The number of hydrogen-bond donors (Lipinski definition) is 2. The maximum atomic E-state index is 8.40. The molecule has 0 aliphatic carbocycles. The summed E-state index contributed by atoms with van der Waals surface area (Å²) in [7, 11) is 0. The van der Waals surface area contributed by atoms with E-state index in [9.17, 15) is 0 Å². The van der Waals surface area contributed by atoms with Crippen LogP contribution in [0.15, 0.2) is 24.3 Å². The minimum Gasteiger partial charge on any atom is -0.494 e. The van der Waals surface area contributed by atoms with Crippen LogP contribution in [0.2, 0.25) is 0 Å². The Bertz CT molecular complexity index is 523. The summed E-state index contributed by atoms with van der Waals surface area (Å²) >= 11 is 4.89. The van der Waals surface area contributed by atoms with Crippen LogP contribution < -0.4 is 15.4 Å². The fourth-order valence-corrected chi connectivity index (χ4v) is 2.64. The molecule has 6 heteroatoms. The lowest BCUT2D eigenvalue weighted by atomic mass is 10.2. The van der Waals surface area contributed by atoms with Crippen molar-refractivity contribution < 1.29 is 4.74 Å². The van der Waals surface area contributed by atoms with Crippen LogP contribution in [0.4, 0.5) is 0 Å². The molecule has 1 fully saturated rings. The van der Waals surface area contributed by atoms with E-state index < -0.39 is 0 Å².